The molecule has 0 spiro atoms. The molecule has 1 unspecified atom stereocenters. The first kappa shape index (κ1) is 10.3. The summed E-state index contributed by atoms with van der Waals surface area (Å²) in [5.74, 6) is 0. The van der Waals surface area contributed by atoms with Gasteiger partial charge in [-0.15, -0.1) is 0 Å². The smallest absolute Gasteiger partial charge is 0.115 e. The average Bonchev–Trinajstić information content (AvgIpc) is 2.40. The van der Waals surface area contributed by atoms with Crippen molar-refractivity contribution in [2.45, 2.75) is 25.3 Å². The molecule has 1 aliphatic carbocycles. The second-order valence-corrected chi connectivity index (χ2v) is 4.48. The zero-order chi connectivity index (χ0) is 11.5. The van der Waals surface area contributed by atoms with Crippen molar-refractivity contribution in [2.75, 3.05) is 5.32 Å². The standard InChI is InChI=1S/C14H15N3/c1-2-4-12-7-13(6-5-11(12)3-1)17-14-8-15-10-16-9-14/h1-4,8-10,13,17H,5-7H2. The fraction of sp³-hybridized carbons (Fsp3) is 0.286. The van der Waals surface area contributed by atoms with Gasteiger partial charge in [0.15, 0.2) is 0 Å². The van der Waals surface area contributed by atoms with E-state index in [2.05, 4.69) is 39.6 Å². The molecule has 1 aliphatic rings. The third-order valence-corrected chi connectivity index (χ3v) is 3.28. The number of rotatable bonds is 2. The van der Waals surface area contributed by atoms with Gasteiger partial charge in [0.05, 0.1) is 18.1 Å². The van der Waals surface area contributed by atoms with Crippen LogP contribution in [0.2, 0.25) is 0 Å². The molecule has 1 heterocycles. The summed E-state index contributed by atoms with van der Waals surface area (Å²) < 4.78 is 0. The molecule has 1 N–H and O–H groups in total. The minimum Gasteiger partial charge on any atom is -0.379 e. The maximum Gasteiger partial charge on any atom is 0.115 e. The number of fused-ring (bicyclic) bond motifs is 1. The van der Waals surface area contributed by atoms with Crippen molar-refractivity contribution >= 4 is 5.69 Å². The molecule has 0 aliphatic heterocycles. The molecule has 0 saturated carbocycles. The van der Waals surface area contributed by atoms with Gasteiger partial charge < -0.3 is 5.32 Å². The van der Waals surface area contributed by atoms with Crippen molar-refractivity contribution < 1.29 is 0 Å². The number of hydrogen-bond donors (Lipinski definition) is 1. The van der Waals surface area contributed by atoms with Crippen LogP contribution in [0.5, 0.6) is 0 Å². The van der Waals surface area contributed by atoms with Crippen molar-refractivity contribution in [1.82, 2.24) is 9.97 Å². The van der Waals surface area contributed by atoms with Gasteiger partial charge in [-0.25, -0.2) is 9.97 Å². The van der Waals surface area contributed by atoms with Gasteiger partial charge in [0, 0.05) is 6.04 Å². The summed E-state index contributed by atoms with van der Waals surface area (Å²) in [6, 6.07) is 9.20. The molecule has 86 valence electrons. The highest BCUT2D eigenvalue weighted by atomic mass is 15.0. The van der Waals surface area contributed by atoms with E-state index in [1.54, 1.807) is 6.33 Å². The quantitative estimate of drug-likeness (QED) is 0.853. The summed E-state index contributed by atoms with van der Waals surface area (Å²) in [6.45, 7) is 0. The van der Waals surface area contributed by atoms with Crippen LogP contribution in [0.25, 0.3) is 0 Å². The lowest BCUT2D eigenvalue weighted by Crippen LogP contribution is -2.27. The lowest BCUT2D eigenvalue weighted by Gasteiger charge is -2.26. The van der Waals surface area contributed by atoms with Crippen LogP contribution < -0.4 is 5.32 Å². The molecule has 3 nitrogen and oxygen atoms in total. The molecule has 1 aromatic carbocycles. The van der Waals surface area contributed by atoms with Crippen molar-refractivity contribution in [2.24, 2.45) is 0 Å². The van der Waals surface area contributed by atoms with Crippen molar-refractivity contribution in [1.29, 1.82) is 0 Å². The predicted octanol–water partition coefficient (Wildman–Crippen LogP) is 2.45. The Morgan fingerprint density at radius 1 is 1.06 bits per heavy atom. The van der Waals surface area contributed by atoms with E-state index in [1.165, 1.54) is 17.5 Å². The second-order valence-electron chi connectivity index (χ2n) is 4.48. The molecule has 0 bridgehead atoms. The fourth-order valence-corrected chi connectivity index (χ4v) is 2.43. The van der Waals surface area contributed by atoms with E-state index in [1.807, 2.05) is 12.4 Å². The van der Waals surface area contributed by atoms with Gasteiger partial charge in [-0.2, -0.15) is 0 Å². The number of benzene rings is 1. The van der Waals surface area contributed by atoms with Crippen molar-refractivity contribution in [3.63, 3.8) is 0 Å². The zero-order valence-corrected chi connectivity index (χ0v) is 9.63. The number of anilines is 1. The monoisotopic (exact) mass is 225 g/mol. The van der Waals surface area contributed by atoms with Crippen molar-refractivity contribution in [3.8, 4) is 0 Å². The van der Waals surface area contributed by atoms with E-state index in [-0.39, 0.29) is 0 Å². The third kappa shape index (κ3) is 2.28. The van der Waals surface area contributed by atoms with Gasteiger partial charge in [-0.05, 0) is 30.4 Å². The van der Waals surface area contributed by atoms with E-state index in [0.29, 0.717) is 6.04 Å². The minimum atomic E-state index is 0.496. The number of nitrogens with zero attached hydrogens (tertiary/aromatic N) is 2. The van der Waals surface area contributed by atoms with Gasteiger partial charge in [0.2, 0.25) is 0 Å². The molecule has 2 aromatic rings. The van der Waals surface area contributed by atoms with Crippen LogP contribution in [0, 0.1) is 0 Å². The Hall–Kier alpha value is -1.90. The topological polar surface area (TPSA) is 37.8 Å². The normalized spacial score (nSPS) is 18.5. The van der Waals surface area contributed by atoms with E-state index in [4.69, 9.17) is 0 Å². The highest BCUT2D eigenvalue weighted by molar-refractivity contribution is 5.40. The van der Waals surface area contributed by atoms with E-state index in [9.17, 15) is 0 Å². The molecule has 3 rings (SSSR count). The first-order chi connectivity index (χ1) is 8.42. The first-order valence-corrected chi connectivity index (χ1v) is 6.00. The maximum absolute atomic E-state index is 4.02. The highest BCUT2D eigenvalue weighted by Gasteiger charge is 2.17. The molecular weight excluding hydrogens is 210 g/mol. The molecule has 3 heteroatoms. The van der Waals surface area contributed by atoms with Gasteiger partial charge in [-0.1, -0.05) is 24.3 Å². The van der Waals surface area contributed by atoms with Crippen LogP contribution in [0.3, 0.4) is 0 Å². The van der Waals surface area contributed by atoms with Crippen molar-refractivity contribution in [3.05, 3.63) is 54.1 Å². The lowest BCUT2D eigenvalue weighted by molar-refractivity contribution is 0.610. The van der Waals surface area contributed by atoms with E-state index in [0.717, 1.165) is 18.5 Å². The molecule has 0 fully saturated rings. The second kappa shape index (κ2) is 4.53. The molecule has 1 aromatic heterocycles. The Labute approximate surface area is 101 Å². The lowest BCUT2D eigenvalue weighted by atomic mass is 9.88. The number of aryl methyl sites for hydroxylation is 1. The Bertz CT molecular complexity index is 496. The number of aromatic nitrogens is 2. The molecule has 17 heavy (non-hydrogen) atoms. The largest absolute Gasteiger partial charge is 0.379 e. The third-order valence-electron chi connectivity index (χ3n) is 3.28. The highest BCUT2D eigenvalue weighted by Crippen LogP contribution is 2.23. The Morgan fingerprint density at radius 3 is 2.65 bits per heavy atom. The summed E-state index contributed by atoms with van der Waals surface area (Å²) in [6.07, 6.45) is 8.63. The predicted molar refractivity (Wildman–Crippen MR) is 67.9 cm³/mol. The van der Waals surface area contributed by atoms with Gasteiger partial charge in [-0.3, -0.25) is 0 Å². The van der Waals surface area contributed by atoms with Crippen LogP contribution in [-0.4, -0.2) is 16.0 Å². The van der Waals surface area contributed by atoms with Gasteiger partial charge in [0.1, 0.15) is 6.33 Å². The summed E-state index contributed by atoms with van der Waals surface area (Å²) in [5, 5.41) is 3.50. The number of hydrogen-bond acceptors (Lipinski definition) is 3. The Morgan fingerprint density at radius 2 is 1.82 bits per heavy atom. The first-order valence-electron chi connectivity index (χ1n) is 6.00. The Balaban J connectivity index is 1.72. The SMILES string of the molecule is c1ccc2c(c1)CCC(Nc1cncnc1)C2. The minimum absolute atomic E-state index is 0.496. The van der Waals surface area contributed by atoms with Crippen LogP contribution in [0.15, 0.2) is 43.0 Å². The molecule has 0 amide bonds. The average molecular weight is 225 g/mol. The van der Waals surface area contributed by atoms with Crippen LogP contribution in [0.1, 0.15) is 17.5 Å². The summed E-state index contributed by atoms with van der Waals surface area (Å²) in [4.78, 5) is 8.04. The molecule has 1 atom stereocenters. The van der Waals surface area contributed by atoms with Gasteiger partial charge in [0.25, 0.3) is 0 Å². The summed E-state index contributed by atoms with van der Waals surface area (Å²) in [7, 11) is 0. The Kier molecular flexibility index (Phi) is 2.74. The summed E-state index contributed by atoms with van der Waals surface area (Å²) >= 11 is 0. The van der Waals surface area contributed by atoms with E-state index >= 15 is 0 Å². The zero-order valence-electron chi connectivity index (χ0n) is 9.63. The maximum atomic E-state index is 4.02. The van der Waals surface area contributed by atoms with Crippen LogP contribution >= 0.6 is 0 Å². The molecular formula is C14H15N3. The molecule has 0 saturated heterocycles. The van der Waals surface area contributed by atoms with Crippen LogP contribution in [-0.2, 0) is 12.8 Å². The van der Waals surface area contributed by atoms with Crippen LogP contribution in [0.4, 0.5) is 5.69 Å². The molecule has 0 radical (unpaired) electrons. The van der Waals surface area contributed by atoms with E-state index < -0.39 is 0 Å². The summed E-state index contributed by atoms with van der Waals surface area (Å²) in [5.41, 5.74) is 3.97. The number of nitrogens with one attached hydrogen (secondary N) is 1. The van der Waals surface area contributed by atoms with Gasteiger partial charge >= 0.3 is 0 Å². The fourth-order valence-electron chi connectivity index (χ4n) is 2.43.